The number of benzene rings is 2. The third-order valence-corrected chi connectivity index (χ3v) is 4.40. The van der Waals surface area contributed by atoms with Crippen molar-refractivity contribution in [2.75, 3.05) is 6.54 Å². The molecule has 0 aliphatic carbocycles. The van der Waals surface area contributed by atoms with Crippen LogP contribution in [0.15, 0.2) is 82.9 Å². The summed E-state index contributed by atoms with van der Waals surface area (Å²) in [7, 11) is 0. The lowest BCUT2D eigenvalue weighted by atomic mass is 9.84. The van der Waals surface area contributed by atoms with Gasteiger partial charge in [0.15, 0.2) is 5.78 Å². The largest absolute Gasteiger partial charge is 0.315 e. The molecule has 0 N–H and O–H groups in total. The zero-order chi connectivity index (χ0) is 16.4. The van der Waals surface area contributed by atoms with Crippen molar-refractivity contribution in [2.24, 2.45) is 9.98 Å². The fourth-order valence-corrected chi connectivity index (χ4v) is 3.21. The highest BCUT2D eigenvalue weighted by Gasteiger charge is 2.42. The van der Waals surface area contributed by atoms with Crippen LogP contribution in [0.1, 0.15) is 22.3 Å². The molecular formula is C20H17N3O. The van der Waals surface area contributed by atoms with Crippen molar-refractivity contribution in [2.45, 2.75) is 12.0 Å². The summed E-state index contributed by atoms with van der Waals surface area (Å²) < 4.78 is 0. The Hall–Kier alpha value is -3.01. The summed E-state index contributed by atoms with van der Waals surface area (Å²) in [4.78, 5) is 24.0. The van der Waals surface area contributed by atoms with E-state index in [-0.39, 0.29) is 5.78 Å². The standard InChI is InChI=1S/C20H17N3O/c24-18(16-8-3-1-4-9-16)14-20(17-10-5-2-6-11-17)15-23-13-7-12-21-19(23)22-20/h1-13H,14-15H2. The molecule has 0 fully saturated rings. The van der Waals surface area contributed by atoms with E-state index in [4.69, 9.17) is 4.99 Å². The Morgan fingerprint density at radius 1 is 1.04 bits per heavy atom. The third kappa shape index (κ3) is 2.56. The molecule has 4 rings (SSSR count). The minimum absolute atomic E-state index is 0.0941. The first kappa shape index (κ1) is 14.6. The van der Waals surface area contributed by atoms with E-state index >= 15 is 0 Å². The average Bonchev–Trinajstić information content (AvgIpc) is 3.02. The first-order valence-corrected chi connectivity index (χ1v) is 7.98. The van der Waals surface area contributed by atoms with Gasteiger partial charge in [0.1, 0.15) is 5.54 Å². The SMILES string of the molecule is O=C(CC1(c2ccccc2)CN2C=CC=NC2=N1)c1ccccc1. The predicted octanol–water partition coefficient (Wildman–Crippen LogP) is 3.42. The first-order valence-electron chi connectivity index (χ1n) is 7.98. The van der Waals surface area contributed by atoms with Gasteiger partial charge in [-0.3, -0.25) is 4.79 Å². The van der Waals surface area contributed by atoms with Gasteiger partial charge in [-0.15, -0.1) is 0 Å². The molecule has 0 saturated heterocycles. The molecule has 2 aromatic carbocycles. The van der Waals surface area contributed by atoms with Gasteiger partial charge in [0.05, 0.1) is 6.54 Å². The van der Waals surface area contributed by atoms with Crippen LogP contribution in [0.2, 0.25) is 0 Å². The van der Waals surface area contributed by atoms with E-state index in [1.807, 2.05) is 77.8 Å². The summed E-state index contributed by atoms with van der Waals surface area (Å²) in [6.45, 7) is 0.624. The second-order valence-corrected chi connectivity index (χ2v) is 6.02. The van der Waals surface area contributed by atoms with Crippen molar-refractivity contribution in [3.8, 4) is 0 Å². The van der Waals surface area contributed by atoms with Crippen LogP contribution in [0.25, 0.3) is 0 Å². The van der Waals surface area contributed by atoms with E-state index in [1.165, 1.54) is 0 Å². The molecule has 4 nitrogen and oxygen atoms in total. The molecule has 0 radical (unpaired) electrons. The molecule has 24 heavy (non-hydrogen) atoms. The first-order chi connectivity index (χ1) is 11.8. The van der Waals surface area contributed by atoms with Crippen molar-refractivity contribution < 1.29 is 4.79 Å². The number of ketones is 1. The van der Waals surface area contributed by atoms with E-state index in [0.29, 0.717) is 18.9 Å². The molecule has 4 heteroatoms. The fourth-order valence-electron chi connectivity index (χ4n) is 3.21. The molecule has 2 aliphatic rings. The molecule has 0 aromatic heterocycles. The van der Waals surface area contributed by atoms with Crippen LogP contribution in [0.4, 0.5) is 0 Å². The molecule has 2 aliphatic heterocycles. The highest BCUT2D eigenvalue weighted by molar-refractivity contribution is 5.99. The zero-order valence-corrected chi connectivity index (χ0v) is 13.2. The van der Waals surface area contributed by atoms with Crippen LogP contribution in [0.5, 0.6) is 0 Å². The van der Waals surface area contributed by atoms with Gasteiger partial charge in [-0.1, -0.05) is 60.7 Å². The maximum Gasteiger partial charge on any atom is 0.225 e. The van der Waals surface area contributed by atoms with Crippen LogP contribution in [-0.2, 0) is 5.54 Å². The smallest absolute Gasteiger partial charge is 0.225 e. The van der Waals surface area contributed by atoms with E-state index in [2.05, 4.69) is 4.99 Å². The Labute approximate surface area is 140 Å². The Morgan fingerprint density at radius 2 is 1.75 bits per heavy atom. The van der Waals surface area contributed by atoms with E-state index < -0.39 is 5.54 Å². The van der Waals surface area contributed by atoms with Gasteiger partial charge in [-0.25, -0.2) is 9.98 Å². The molecular weight excluding hydrogens is 298 g/mol. The quantitative estimate of drug-likeness (QED) is 0.812. The lowest BCUT2D eigenvalue weighted by Gasteiger charge is -2.27. The summed E-state index contributed by atoms with van der Waals surface area (Å²) in [5, 5.41) is 0. The van der Waals surface area contributed by atoms with Gasteiger partial charge >= 0.3 is 0 Å². The van der Waals surface area contributed by atoms with Crippen molar-refractivity contribution >= 4 is 18.0 Å². The molecule has 0 bridgehead atoms. The van der Waals surface area contributed by atoms with Crippen LogP contribution >= 0.6 is 0 Å². The van der Waals surface area contributed by atoms with Gasteiger partial charge in [0.2, 0.25) is 5.96 Å². The van der Waals surface area contributed by atoms with E-state index in [1.54, 1.807) is 6.21 Å². The number of carbonyl (C=O) groups is 1. The number of hydrogen-bond donors (Lipinski definition) is 0. The third-order valence-electron chi connectivity index (χ3n) is 4.40. The highest BCUT2D eigenvalue weighted by Crippen LogP contribution is 2.37. The minimum atomic E-state index is -0.602. The summed E-state index contributed by atoms with van der Waals surface area (Å²) in [5.74, 6) is 0.763. The molecule has 0 spiro atoms. The van der Waals surface area contributed by atoms with E-state index in [0.717, 1.165) is 11.1 Å². The zero-order valence-electron chi connectivity index (χ0n) is 13.2. The Balaban J connectivity index is 1.73. The van der Waals surface area contributed by atoms with Crippen molar-refractivity contribution in [3.05, 3.63) is 84.1 Å². The number of aliphatic imine (C=N–C) groups is 2. The Kier molecular flexibility index (Phi) is 3.58. The van der Waals surface area contributed by atoms with Gasteiger partial charge in [0.25, 0.3) is 0 Å². The minimum Gasteiger partial charge on any atom is -0.315 e. The normalized spacial score (nSPS) is 21.5. The van der Waals surface area contributed by atoms with Gasteiger partial charge < -0.3 is 4.90 Å². The Morgan fingerprint density at radius 3 is 2.46 bits per heavy atom. The van der Waals surface area contributed by atoms with Crippen molar-refractivity contribution in [3.63, 3.8) is 0 Å². The Bertz CT molecular complexity index is 840. The number of Topliss-reactive ketones (excluding diaryl/α,β-unsaturated/α-hetero) is 1. The monoisotopic (exact) mass is 315 g/mol. The summed E-state index contributed by atoms with van der Waals surface area (Å²) in [5.41, 5.74) is 1.16. The van der Waals surface area contributed by atoms with Gasteiger partial charge in [-0.2, -0.15) is 0 Å². The lowest BCUT2D eigenvalue weighted by molar-refractivity contribution is 0.0950. The molecule has 2 heterocycles. The van der Waals surface area contributed by atoms with Crippen molar-refractivity contribution in [1.82, 2.24) is 4.90 Å². The maximum absolute atomic E-state index is 12.8. The number of carbonyl (C=O) groups excluding carboxylic acids is 1. The highest BCUT2D eigenvalue weighted by atomic mass is 16.1. The van der Waals surface area contributed by atoms with Gasteiger partial charge in [-0.05, 0) is 11.6 Å². The number of fused-ring (bicyclic) bond motifs is 1. The lowest BCUT2D eigenvalue weighted by Crippen LogP contribution is -2.33. The van der Waals surface area contributed by atoms with E-state index in [9.17, 15) is 4.79 Å². The predicted molar refractivity (Wildman–Crippen MR) is 95.3 cm³/mol. The fraction of sp³-hybridized carbons (Fsp3) is 0.150. The number of allylic oxidation sites excluding steroid dienone is 1. The van der Waals surface area contributed by atoms with Crippen LogP contribution in [0.3, 0.4) is 0 Å². The molecule has 1 atom stereocenters. The molecule has 0 amide bonds. The van der Waals surface area contributed by atoms with Crippen LogP contribution in [-0.4, -0.2) is 29.4 Å². The average molecular weight is 315 g/mol. The summed E-state index contributed by atoms with van der Waals surface area (Å²) >= 11 is 0. The second-order valence-electron chi connectivity index (χ2n) is 6.02. The molecule has 2 aromatic rings. The molecule has 0 saturated carbocycles. The topological polar surface area (TPSA) is 45.0 Å². The van der Waals surface area contributed by atoms with Crippen LogP contribution in [0, 0.1) is 0 Å². The number of hydrogen-bond acceptors (Lipinski definition) is 4. The summed E-state index contributed by atoms with van der Waals surface area (Å²) in [6.07, 6.45) is 5.91. The number of rotatable bonds is 4. The van der Waals surface area contributed by atoms with Crippen molar-refractivity contribution in [1.29, 1.82) is 0 Å². The van der Waals surface area contributed by atoms with Crippen LogP contribution < -0.4 is 0 Å². The second kappa shape index (κ2) is 5.89. The number of guanidine groups is 1. The summed E-state index contributed by atoms with van der Waals surface area (Å²) in [6, 6.07) is 19.4. The maximum atomic E-state index is 12.8. The number of nitrogens with zero attached hydrogens (tertiary/aromatic N) is 3. The molecule has 1 unspecified atom stereocenters. The molecule has 118 valence electrons. The van der Waals surface area contributed by atoms with Gasteiger partial charge in [0, 0.05) is 24.4 Å².